The number of likely N-dealkylation sites (N-methyl/N-ethyl adjacent to an activating group) is 1. The monoisotopic (exact) mass is 252 g/mol. The fourth-order valence-corrected chi connectivity index (χ4v) is 4.57. The average Bonchev–Trinajstić information content (AvgIpc) is 2.66. The van der Waals surface area contributed by atoms with Gasteiger partial charge in [-0.25, -0.2) is 0 Å². The van der Waals surface area contributed by atoms with Gasteiger partial charge >= 0.3 is 0 Å². The second-order valence-corrected chi connectivity index (χ2v) is 7.36. The number of nitrogens with zero attached hydrogens (tertiary/aromatic N) is 1. The van der Waals surface area contributed by atoms with E-state index in [1.54, 1.807) is 0 Å². The van der Waals surface area contributed by atoms with Crippen LogP contribution >= 0.6 is 0 Å². The van der Waals surface area contributed by atoms with Gasteiger partial charge in [-0.1, -0.05) is 39.5 Å². The van der Waals surface area contributed by atoms with Crippen molar-refractivity contribution in [3.63, 3.8) is 0 Å². The van der Waals surface area contributed by atoms with Gasteiger partial charge in [0.1, 0.15) is 0 Å². The smallest absolute Gasteiger partial charge is 0.0379 e. The zero-order valence-corrected chi connectivity index (χ0v) is 12.7. The molecule has 0 heterocycles. The second kappa shape index (κ2) is 5.50. The lowest BCUT2D eigenvalue weighted by Gasteiger charge is -2.49. The molecule has 0 amide bonds. The van der Waals surface area contributed by atoms with E-state index in [0.717, 1.165) is 12.5 Å². The molecule has 2 fully saturated rings. The second-order valence-electron chi connectivity index (χ2n) is 7.36. The minimum atomic E-state index is 0.254. The molecular formula is C16H32N2. The van der Waals surface area contributed by atoms with Crippen molar-refractivity contribution >= 4 is 0 Å². The van der Waals surface area contributed by atoms with Crippen LogP contribution in [0.4, 0.5) is 0 Å². The van der Waals surface area contributed by atoms with E-state index in [9.17, 15) is 0 Å². The molecule has 18 heavy (non-hydrogen) atoms. The Morgan fingerprint density at radius 1 is 1.06 bits per heavy atom. The van der Waals surface area contributed by atoms with E-state index in [1.165, 1.54) is 57.9 Å². The zero-order valence-electron chi connectivity index (χ0n) is 12.7. The molecule has 0 bridgehead atoms. The van der Waals surface area contributed by atoms with Crippen molar-refractivity contribution in [3.8, 4) is 0 Å². The van der Waals surface area contributed by atoms with Gasteiger partial charge in [0, 0.05) is 18.6 Å². The Labute approximate surface area is 113 Å². The van der Waals surface area contributed by atoms with Crippen LogP contribution in [0.25, 0.3) is 0 Å². The Balaban J connectivity index is 2.03. The summed E-state index contributed by atoms with van der Waals surface area (Å²) < 4.78 is 0. The van der Waals surface area contributed by atoms with Gasteiger partial charge in [-0.3, -0.25) is 4.90 Å². The topological polar surface area (TPSA) is 29.3 Å². The number of rotatable bonds is 4. The van der Waals surface area contributed by atoms with E-state index in [1.807, 2.05) is 0 Å². The van der Waals surface area contributed by atoms with E-state index in [4.69, 9.17) is 5.73 Å². The van der Waals surface area contributed by atoms with Crippen LogP contribution in [0.15, 0.2) is 0 Å². The van der Waals surface area contributed by atoms with Crippen molar-refractivity contribution in [1.29, 1.82) is 0 Å². The molecule has 2 nitrogen and oxygen atoms in total. The molecule has 2 N–H and O–H groups in total. The first-order chi connectivity index (χ1) is 8.52. The van der Waals surface area contributed by atoms with Crippen LogP contribution in [0.5, 0.6) is 0 Å². The fourth-order valence-electron chi connectivity index (χ4n) is 4.57. The number of hydrogen-bond donors (Lipinski definition) is 1. The lowest BCUT2D eigenvalue weighted by Crippen LogP contribution is -2.59. The first-order valence-corrected chi connectivity index (χ1v) is 7.93. The minimum absolute atomic E-state index is 0.254. The van der Waals surface area contributed by atoms with Crippen LogP contribution in [0.3, 0.4) is 0 Å². The van der Waals surface area contributed by atoms with E-state index >= 15 is 0 Å². The molecule has 2 saturated carbocycles. The third kappa shape index (κ3) is 2.46. The summed E-state index contributed by atoms with van der Waals surface area (Å²) in [6.45, 7) is 6.93. The molecule has 0 aromatic rings. The molecule has 106 valence electrons. The van der Waals surface area contributed by atoms with Gasteiger partial charge < -0.3 is 5.73 Å². The maximum atomic E-state index is 6.21. The third-order valence-electron chi connectivity index (χ3n) is 5.98. The predicted molar refractivity (Wildman–Crippen MR) is 78.6 cm³/mol. The highest BCUT2D eigenvalue weighted by atomic mass is 15.2. The Morgan fingerprint density at radius 2 is 1.72 bits per heavy atom. The SMILES string of the molecule is CN(CC1CCCCC1)C1(CN)CCCC1(C)C. The number of hydrogen-bond acceptors (Lipinski definition) is 2. The Bertz CT molecular complexity index is 268. The molecular weight excluding hydrogens is 220 g/mol. The van der Waals surface area contributed by atoms with Crippen molar-refractivity contribution in [2.75, 3.05) is 20.1 Å². The standard InChI is InChI=1S/C16H32N2/c1-15(2)10-7-11-16(15,13-17)18(3)12-14-8-5-4-6-9-14/h14H,4-13,17H2,1-3H3. The van der Waals surface area contributed by atoms with Crippen LogP contribution in [0, 0.1) is 11.3 Å². The van der Waals surface area contributed by atoms with Crippen LogP contribution in [0.2, 0.25) is 0 Å². The van der Waals surface area contributed by atoms with Gasteiger partial charge in [0.15, 0.2) is 0 Å². The van der Waals surface area contributed by atoms with Crippen molar-refractivity contribution in [1.82, 2.24) is 4.90 Å². The van der Waals surface area contributed by atoms with E-state index in [0.29, 0.717) is 5.41 Å². The van der Waals surface area contributed by atoms with Gasteiger partial charge in [-0.15, -0.1) is 0 Å². The molecule has 0 aromatic carbocycles. The Kier molecular flexibility index (Phi) is 4.38. The summed E-state index contributed by atoms with van der Waals surface area (Å²) in [5.41, 5.74) is 6.84. The quantitative estimate of drug-likeness (QED) is 0.831. The van der Waals surface area contributed by atoms with Crippen LogP contribution in [0.1, 0.15) is 65.2 Å². The molecule has 0 aromatic heterocycles. The van der Waals surface area contributed by atoms with Gasteiger partial charge in [0.2, 0.25) is 0 Å². The molecule has 2 rings (SSSR count). The summed E-state index contributed by atoms with van der Waals surface area (Å²) in [6, 6.07) is 0. The van der Waals surface area contributed by atoms with E-state index < -0.39 is 0 Å². The van der Waals surface area contributed by atoms with Crippen molar-refractivity contribution in [3.05, 3.63) is 0 Å². The Morgan fingerprint density at radius 3 is 2.22 bits per heavy atom. The molecule has 0 aliphatic heterocycles. The predicted octanol–water partition coefficient (Wildman–Crippen LogP) is 3.41. The first kappa shape index (κ1) is 14.3. The van der Waals surface area contributed by atoms with Gasteiger partial charge in [0.05, 0.1) is 0 Å². The minimum Gasteiger partial charge on any atom is -0.329 e. The summed E-state index contributed by atoms with van der Waals surface area (Å²) in [5.74, 6) is 0.920. The maximum absolute atomic E-state index is 6.21. The fraction of sp³-hybridized carbons (Fsp3) is 1.00. The Hall–Kier alpha value is -0.0800. The largest absolute Gasteiger partial charge is 0.329 e. The third-order valence-corrected chi connectivity index (χ3v) is 5.98. The van der Waals surface area contributed by atoms with Gasteiger partial charge in [-0.05, 0) is 44.1 Å². The van der Waals surface area contributed by atoms with Crippen molar-refractivity contribution < 1.29 is 0 Å². The highest BCUT2D eigenvalue weighted by Crippen LogP contribution is 2.49. The average molecular weight is 252 g/mol. The van der Waals surface area contributed by atoms with Crippen molar-refractivity contribution in [2.24, 2.45) is 17.1 Å². The van der Waals surface area contributed by atoms with Crippen LogP contribution in [-0.4, -0.2) is 30.6 Å². The van der Waals surface area contributed by atoms with E-state index in [2.05, 4.69) is 25.8 Å². The van der Waals surface area contributed by atoms with Gasteiger partial charge in [-0.2, -0.15) is 0 Å². The van der Waals surface area contributed by atoms with Crippen LogP contribution < -0.4 is 5.73 Å². The molecule has 2 heteroatoms. The molecule has 1 unspecified atom stereocenters. The summed E-state index contributed by atoms with van der Waals surface area (Å²) in [4.78, 5) is 2.63. The lowest BCUT2D eigenvalue weighted by molar-refractivity contribution is 0.0183. The summed E-state index contributed by atoms with van der Waals surface area (Å²) in [7, 11) is 2.33. The normalized spacial score (nSPS) is 33.2. The lowest BCUT2D eigenvalue weighted by atomic mass is 9.73. The molecule has 2 aliphatic carbocycles. The van der Waals surface area contributed by atoms with E-state index in [-0.39, 0.29) is 5.54 Å². The molecule has 0 spiro atoms. The summed E-state index contributed by atoms with van der Waals surface area (Å²) in [5, 5.41) is 0. The molecule has 0 radical (unpaired) electrons. The highest BCUT2D eigenvalue weighted by molar-refractivity contribution is 5.06. The summed E-state index contributed by atoms with van der Waals surface area (Å²) in [6.07, 6.45) is 11.2. The molecule has 1 atom stereocenters. The maximum Gasteiger partial charge on any atom is 0.0379 e. The highest BCUT2D eigenvalue weighted by Gasteiger charge is 2.50. The molecule has 0 saturated heterocycles. The first-order valence-electron chi connectivity index (χ1n) is 7.93. The molecule has 2 aliphatic rings. The van der Waals surface area contributed by atoms with Crippen LogP contribution in [-0.2, 0) is 0 Å². The number of nitrogens with two attached hydrogens (primary N) is 1. The summed E-state index contributed by atoms with van der Waals surface area (Å²) >= 11 is 0. The van der Waals surface area contributed by atoms with Crippen molar-refractivity contribution in [2.45, 2.75) is 70.8 Å². The van der Waals surface area contributed by atoms with Gasteiger partial charge in [0.25, 0.3) is 0 Å². The zero-order chi connectivity index (χ0) is 13.2.